The molecule has 6 rings (SSSR count). The number of nitrogens with zero attached hydrogens (tertiary/aromatic N) is 4. The Balaban J connectivity index is 1.31. The second kappa shape index (κ2) is 10.5. The van der Waals surface area contributed by atoms with Gasteiger partial charge in [-0.3, -0.25) is 4.90 Å². The summed E-state index contributed by atoms with van der Waals surface area (Å²) in [5.41, 5.74) is 0.482. The average Bonchev–Trinajstić information content (AvgIpc) is 3.54. The molecule has 4 aliphatic rings. The van der Waals surface area contributed by atoms with Gasteiger partial charge >= 0.3 is 6.01 Å². The molecule has 3 saturated heterocycles. The molecule has 4 heterocycles. The van der Waals surface area contributed by atoms with Crippen LogP contribution < -0.4 is 9.64 Å². The van der Waals surface area contributed by atoms with E-state index in [1.165, 1.54) is 6.07 Å². The normalized spacial score (nSPS) is 29.6. The van der Waals surface area contributed by atoms with Gasteiger partial charge in [0.1, 0.15) is 23.8 Å². The van der Waals surface area contributed by atoms with Crippen LogP contribution in [0, 0.1) is 23.5 Å². The Morgan fingerprint density at radius 3 is 2.71 bits per heavy atom. The summed E-state index contributed by atoms with van der Waals surface area (Å²) in [5.74, 6) is -0.230. The number of anilines is 1. The third-order valence-corrected chi connectivity index (χ3v) is 15.5. The molecule has 224 valence electrons. The van der Waals surface area contributed by atoms with Crippen molar-refractivity contribution in [1.29, 1.82) is 0 Å². The summed E-state index contributed by atoms with van der Waals surface area (Å²) in [7, 11) is -1.95. The molecule has 1 unspecified atom stereocenters. The van der Waals surface area contributed by atoms with Crippen LogP contribution in [0.15, 0.2) is 22.4 Å². The molecule has 3 aliphatic heterocycles. The fourth-order valence-corrected chi connectivity index (χ4v) is 8.88. The highest BCUT2D eigenvalue weighted by molar-refractivity contribution is 9.10. The van der Waals surface area contributed by atoms with Crippen molar-refractivity contribution >= 4 is 41.0 Å². The first kappa shape index (κ1) is 29.4. The summed E-state index contributed by atoms with van der Waals surface area (Å²) in [4.78, 5) is 13.6. The molecule has 4 atom stereocenters. The fraction of sp³-hybridized carbons (Fsp3) is 0.667. The Morgan fingerprint density at radius 1 is 1.20 bits per heavy atom. The van der Waals surface area contributed by atoms with Gasteiger partial charge in [-0.2, -0.15) is 9.97 Å². The Labute approximate surface area is 249 Å². The number of aromatic nitrogens is 2. The van der Waals surface area contributed by atoms with Gasteiger partial charge in [0, 0.05) is 37.0 Å². The third-order valence-electron chi connectivity index (χ3n) is 10.3. The third kappa shape index (κ3) is 5.23. The van der Waals surface area contributed by atoms with Crippen LogP contribution in [0.1, 0.15) is 52.9 Å². The lowest BCUT2D eigenvalue weighted by atomic mass is 9.94. The number of halogens is 4. The zero-order valence-corrected chi connectivity index (χ0v) is 27.2. The molecule has 1 aromatic heterocycles. The largest absolute Gasteiger partial charge is 0.461 e. The number of ether oxygens (including phenoxy) is 1. The first-order valence-corrected chi connectivity index (χ1v) is 18.4. The monoisotopic (exact) mass is 652 g/mol. The van der Waals surface area contributed by atoms with Crippen LogP contribution in [0.25, 0.3) is 10.9 Å². The van der Waals surface area contributed by atoms with E-state index in [2.05, 4.69) is 64.6 Å². The number of piperidine rings is 1. The highest BCUT2D eigenvalue weighted by Crippen LogP contribution is 2.46. The minimum Gasteiger partial charge on any atom is -0.461 e. The lowest BCUT2D eigenvalue weighted by Gasteiger charge is -2.40. The molecule has 0 spiro atoms. The molecule has 41 heavy (non-hydrogen) atoms. The first-order valence-electron chi connectivity index (χ1n) is 14.7. The molecule has 1 aromatic carbocycles. The van der Waals surface area contributed by atoms with E-state index in [9.17, 15) is 8.78 Å². The quantitative estimate of drug-likeness (QED) is 0.240. The van der Waals surface area contributed by atoms with Crippen molar-refractivity contribution in [3.05, 3.63) is 34.1 Å². The van der Waals surface area contributed by atoms with Crippen LogP contribution in [-0.4, -0.2) is 67.6 Å². The van der Waals surface area contributed by atoms with E-state index < -0.39 is 20.0 Å². The van der Waals surface area contributed by atoms with Crippen molar-refractivity contribution in [2.75, 3.05) is 37.7 Å². The molecule has 1 aliphatic carbocycles. The molecule has 2 aromatic rings. The van der Waals surface area contributed by atoms with Gasteiger partial charge in [0.2, 0.25) is 0 Å². The fourth-order valence-electron chi connectivity index (χ4n) is 7.17. The predicted octanol–water partition coefficient (Wildman–Crippen LogP) is 7.38. The van der Waals surface area contributed by atoms with Gasteiger partial charge < -0.3 is 14.1 Å². The van der Waals surface area contributed by atoms with Gasteiger partial charge in [-0.25, -0.2) is 13.2 Å². The van der Waals surface area contributed by atoms with Crippen LogP contribution in [0.3, 0.4) is 0 Å². The zero-order valence-electron chi connectivity index (χ0n) is 24.6. The Bertz CT molecular complexity index is 1390. The average molecular weight is 654 g/mol. The van der Waals surface area contributed by atoms with Crippen molar-refractivity contribution in [2.24, 2.45) is 11.8 Å². The summed E-state index contributed by atoms with van der Waals surface area (Å²) in [6, 6.07) is 1.38. The van der Waals surface area contributed by atoms with Crippen LogP contribution in [-0.2, 0) is 4.43 Å². The molecular formula is C30H40BrF3N4O2Si. The zero-order chi connectivity index (χ0) is 29.3. The summed E-state index contributed by atoms with van der Waals surface area (Å²) >= 11 is 3.04. The van der Waals surface area contributed by atoms with Crippen LogP contribution in [0.5, 0.6) is 6.01 Å². The maximum Gasteiger partial charge on any atom is 0.319 e. The van der Waals surface area contributed by atoms with Crippen molar-refractivity contribution in [2.45, 2.75) is 82.7 Å². The molecule has 0 N–H and O–H groups in total. The number of fused-ring (bicyclic) bond motifs is 4. The molecular weight excluding hydrogens is 613 g/mol. The molecule has 11 heteroatoms. The van der Waals surface area contributed by atoms with Crippen molar-refractivity contribution < 1.29 is 22.3 Å². The van der Waals surface area contributed by atoms with E-state index in [-0.39, 0.29) is 39.3 Å². The van der Waals surface area contributed by atoms with Crippen LogP contribution in [0.2, 0.25) is 18.1 Å². The van der Waals surface area contributed by atoms with E-state index in [0.717, 1.165) is 44.3 Å². The molecule has 2 bridgehead atoms. The van der Waals surface area contributed by atoms with Crippen molar-refractivity contribution in [1.82, 2.24) is 14.9 Å². The van der Waals surface area contributed by atoms with Crippen LogP contribution >= 0.6 is 15.9 Å². The summed E-state index contributed by atoms with van der Waals surface area (Å²) in [6.07, 6.45) is 5.45. The van der Waals surface area contributed by atoms with Gasteiger partial charge in [-0.1, -0.05) is 20.8 Å². The second-order valence-corrected chi connectivity index (χ2v) is 19.7. The minimum atomic E-state index is -1.95. The summed E-state index contributed by atoms with van der Waals surface area (Å²) in [6.45, 7) is 14.6. The smallest absolute Gasteiger partial charge is 0.319 e. The number of hydrogen-bond donors (Lipinski definition) is 0. The first-order chi connectivity index (χ1) is 19.3. The van der Waals surface area contributed by atoms with Gasteiger partial charge in [0.15, 0.2) is 14.1 Å². The maximum absolute atomic E-state index is 15.4. The minimum absolute atomic E-state index is 0.0295. The molecule has 4 fully saturated rings. The highest BCUT2D eigenvalue weighted by Gasteiger charge is 2.48. The number of hydrogen-bond acceptors (Lipinski definition) is 6. The second-order valence-electron chi connectivity index (χ2n) is 14.1. The van der Waals surface area contributed by atoms with E-state index in [1.807, 2.05) is 0 Å². The topological polar surface area (TPSA) is 50.7 Å². The maximum atomic E-state index is 15.4. The summed E-state index contributed by atoms with van der Waals surface area (Å²) in [5, 5.41) is 0.456. The summed E-state index contributed by atoms with van der Waals surface area (Å²) < 4.78 is 56.5. The molecule has 0 amide bonds. The Morgan fingerprint density at radius 2 is 1.98 bits per heavy atom. The van der Waals surface area contributed by atoms with E-state index in [4.69, 9.17) is 14.1 Å². The number of benzene rings is 1. The predicted molar refractivity (Wildman–Crippen MR) is 160 cm³/mol. The van der Waals surface area contributed by atoms with Gasteiger partial charge in [-0.15, -0.1) is 0 Å². The van der Waals surface area contributed by atoms with Gasteiger partial charge in [0.25, 0.3) is 0 Å². The molecule has 1 saturated carbocycles. The lowest BCUT2D eigenvalue weighted by molar-refractivity contribution is 0.108. The van der Waals surface area contributed by atoms with E-state index in [0.29, 0.717) is 48.9 Å². The van der Waals surface area contributed by atoms with Gasteiger partial charge in [0.05, 0.1) is 16.3 Å². The Hall–Kier alpha value is -1.69. The molecule has 0 radical (unpaired) electrons. The Kier molecular flexibility index (Phi) is 7.51. The van der Waals surface area contributed by atoms with E-state index >= 15 is 4.39 Å². The lowest BCUT2D eigenvalue weighted by Crippen LogP contribution is -2.46. The van der Waals surface area contributed by atoms with Gasteiger partial charge in [-0.05, 0) is 90.3 Å². The van der Waals surface area contributed by atoms with Crippen molar-refractivity contribution in [3.8, 4) is 6.01 Å². The molecule has 6 nitrogen and oxygen atoms in total. The standard InChI is InChI=1S/C30H40BrF3N4O2Si/c1-29(2,3)41(4,5)40-23-10-18-9-20(23)16-37(14-18)27-21-11-22(33)24(31)25(34)26(21)35-28(36-27)39-17-30-7-6-8-38(30)15-19(12-30)13-32/h11,13,18,20,23H,6-10,12,14-17H2,1-5H3/b19-13-/t18-,20-,23-,30?/m1/s1. The number of rotatable bonds is 6. The van der Waals surface area contributed by atoms with Crippen LogP contribution in [0.4, 0.5) is 19.0 Å². The van der Waals surface area contributed by atoms with E-state index in [1.54, 1.807) is 0 Å². The highest BCUT2D eigenvalue weighted by atomic mass is 79.9. The SMILES string of the molecule is CC(C)(C)[Si](C)(C)O[C@@H]1C[C@H]2C[C@@H]1CN(c1nc(OCC34CCCN3C/C(=C\F)C4)nc3c(F)c(Br)c(F)cc13)C2. The van der Waals surface area contributed by atoms with Crippen molar-refractivity contribution in [3.63, 3.8) is 0 Å².